The second-order valence-corrected chi connectivity index (χ2v) is 6.58. The van der Waals surface area contributed by atoms with Gasteiger partial charge in [0, 0.05) is 29.3 Å². The molecule has 5 heteroatoms. The average Bonchev–Trinajstić information content (AvgIpc) is 3.50. The topological polar surface area (TPSA) is 51.2 Å². The fourth-order valence-corrected chi connectivity index (χ4v) is 2.79. The molecule has 1 aromatic heterocycles. The number of hydrogen-bond donors (Lipinski definition) is 1. The molecule has 0 saturated heterocycles. The minimum absolute atomic E-state index is 0.108. The van der Waals surface area contributed by atoms with Gasteiger partial charge < -0.3 is 10.1 Å². The Balaban J connectivity index is 1.43. The molecule has 0 atom stereocenters. The molecule has 4 rings (SSSR count). The number of halogens is 1. The van der Waals surface area contributed by atoms with Crippen LogP contribution >= 0.6 is 0 Å². The van der Waals surface area contributed by atoms with E-state index in [1.54, 1.807) is 42.6 Å². The second-order valence-electron chi connectivity index (χ2n) is 6.58. The number of fused-ring (bicyclic) bond motifs is 1. The van der Waals surface area contributed by atoms with E-state index in [0.29, 0.717) is 23.7 Å². The molecule has 3 aromatic rings. The molecule has 1 N–H and O–H groups in total. The van der Waals surface area contributed by atoms with Gasteiger partial charge in [-0.2, -0.15) is 0 Å². The monoisotopic (exact) mass is 350 g/mol. The summed E-state index contributed by atoms with van der Waals surface area (Å²) in [6, 6.07) is 14.1. The number of nitrogens with zero attached hydrogens (tertiary/aromatic N) is 1. The van der Waals surface area contributed by atoms with E-state index < -0.39 is 5.82 Å². The van der Waals surface area contributed by atoms with Gasteiger partial charge in [-0.25, -0.2) is 4.39 Å². The standard InChI is InChI=1S/C21H19FN2O2/c22-20-17(3-1-5-19(20)26-13-14-6-7-14)12-24-21(25)16-8-9-18-15(11-16)4-2-10-23-18/h1-5,8-11,14H,6-7,12-13H2,(H,24,25). The van der Waals surface area contributed by atoms with Gasteiger partial charge in [-0.1, -0.05) is 18.2 Å². The van der Waals surface area contributed by atoms with Gasteiger partial charge in [0.2, 0.25) is 0 Å². The molecule has 1 amide bonds. The lowest BCUT2D eigenvalue weighted by molar-refractivity contribution is 0.0950. The van der Waals surface area contributed by atoms with Gasteiger partial charge >= 0.3 is 0 Å². The summed E-state index contributed by atoms with van der Waals surface area (Å²) in [5.41, 5.74) is 1.76. The lowest BCUT2D eigenvalue weighted by atomic mass is 10.1. The van der Waals surface area contributed by atoms with Crippen LogP contribution in [-0.4, -0.2) is 17.5 Å². The molecule has 0 bridgehead atoms. The van der Waals surface area contributed by atoms with Crippen LogP contribution in [0.2, 0.25) is 0 Å². The molecule has 1 saturated carbocycles. The van der Waals surface area contributed by atoms with Crippen molar-refractivity contribution >= 4 is 16.8 Å². The first kappa shape index (κ1) is 16.5. The Kier molecular flexibility index (Phi) is 4.52. The molecular formula is C21H19FN2O2. The van der Waals surface area contributed by atoms with Crippen LogP contribution in [0.1, 0.15) is 28.8 Å². The molecule has 0 spiro atoms. The number of amides is 1. The highest BCUT2D eigenvalue weighted by Crippen LogP contribution is 2.30. The number of ether oxygens (including phenoxy) is 1. The van der Waals surface area contributed by atoms with E-state index in [2.05, 4.69) is 10.3 Å². The van der Waals surface area contributed by atoms with E-state index in [1.807, 2.05) is 12.1 Å². The number of carbonyl (C=O) groups is 1. The number of benzene rings is 2. The maximum absolute atomic E-state index is 14.5. The third-order valence-corrected chi connectivity index (χ3v) is 4.52. The van der Waals surface area contributed by atoms with Gasteiger partial charge in [0.1, 0.15) is 0 Å². The number of hydrogen-bond acceptors (Lipinski definition) is 3. The smallest absolute Gasteiger partial charge is 0.251 e. The lowest BCUT2D eigenvalue weighted by Gasteiger charge is -2.11. The van der Waals surface area contributed by atoms with Crippen molar-refractivity contribution < 1.29 is 13.9 Å². The Morgan fingerprint density at radius 1 is 1.19 bits per heavy atom. The highest BCUT2D eigenvalue weighted by atomic mass is 19.1. The van der Waals surface area contributed by atoms with Crippen LogP contribution in [0.25, 0.3) is 10.9 Å². The van der Waals surface area contributed by atoms with Crippen molar-refractivity contribution in [3.8, 4) is 5.75 Å². The molecule has 132 valence electrons. The van der Waals surface area contributed by atoms with E-state index in [-0.39, 0.29) is 18.2 Å². The van der Waals surface area contributed by atoms with Crippen LogP contribution in [0.5, 0.6) is 5.75 Å². The highest BCUT2D eigenvalue weighted by Gasteiger charge is 2.22. The van der Waals surface area contributed by atoms with E-state index in [0.717, 1.165) is 23.7 Å². The summed E-state index contributed by atoms with van der Waals surface area (Å²) in [5, 5.41) is 3.66. The van der Waals surface area contributed by atoms with Crippen LogP contribution in [0.4, 0.5) is 4.39 Å². The van der Waals surface area contributed by atoms with E-state index in [1.165, 1.54) is 0 Å². The number of nitrogens with one attached hydrogen (secondary N) is 1. The molecule has 1 fully saturated rings. The number of carbonyl (C=O) groups excluding carboxylic acids is 1. The third-order valence-electron chi connectivity index (χ3n) is 4.52. The summed E-state index contributed by atoms with van der Waals surface area (Å²) in [5.74, 6) is 0.149. The highest BCUT2D eigenvalue weighted by molar-refractivity contribution is 5.97. The lowest BCUT2D eigenvalue weighted by Crippen LogP contribution is -2.23. The maximum atomic E-state index is 14.5. The fourth-order valence-electron chi connectivity index (χ4n) is 2.79. The predicted molar refractivity (Wildman–Crippen MR) is 97.5 cm³/mol. The zero-order valence-electron chi connectivity index (χ0n) is 14.2. The Hall–Kier alpha value is -2.95. The Morgan fingerprint density at radius 3 is 2.92 bits per heavy atom. The molecule has 0 radical (unpaired) electrons. The fraction of sp³-hybridized carbons (Fsp3) is 0.238. The molecular weight excluding hydrogens is 331 g/mol. The van der Waals surface area contributed by atoms with Crippen molar-refractivity contribution in [2.24, 2.45) is 5.92 Å². The summed E-state index contributed by atoms with van der Waals surface area (Å²) < 4.78 is 20.1. The first-order valence-corrected chi connectivity index (χ1v) is 8.74. The molecule has 2 aromatic carbocycles. The minimum atomic E-state index is -0.406. The average molecular weight is 350 g/mol. The molecule has 26 heavy (non-hydrogen) atoms. The normalized spacial score (nSPS) is 13.6. The quantitative estimate of drug-likeness (QED) is 0.728. The van der Waals surface area contributed by atoms with Gasteiger partial charge in [0.05, 0.1) is 12.1 Å². The molecule has 0 unspecified atom stereocenters. The molecule has 0 aliphatic heterocycles. The van der Waals surface area contributed by atoms with Gasteiger partial charge in [-0.05, 0) is 49.1 Å². The summed E-state index contributed by atoms with van der Waals surface area (Å²) in [7, 11) is 0. The zero-order valence-corrected chi connectivity index (χ0v) is 14.2. The maximum Gasteiger partial charge on any atom is 0.251 e. The molecule has 4 nitrogen and oxygen atoms in total. The van der Waals surface area contributed by atoms with Crippen molar-refractivity contribution in [3.63, 3.8) is 0 Å². The van der Waals surface area contributed by atoms with Crippen molar-refractivity contribution in [3.05, 3.63) is 71.7 Å². The minimum Gasteiger partial charge on any atom is -0.490 e. The summed E-state index contributed by atoms with van der Waals surface area (Å²) in [6.45, 7) is 0.661. The van der Waals surface area contributed by atoms with Crippen molar-refractivity contribution in [1.29, 1.82) is 0 Å². The van der Waals surface area contributed by atoms with Crippen LogP contribution in [0.3, 0.4) is 0 Å². The van der Waals surface area contributed by atoms with Crippen molar-refractivity contribution in [2.75, 3.05) is 6.61 Å². The Morgan fingerprint density at radius 2 is 2.08 bits per heavy atom. The van der Waals surface area contributed by atoms with Gasteiger partial charge in [0.15, 0.2) is 11.6 Å². The van der Waals surface area contributed by atoms with Crippen LogP contribution in [0, 0.1) is 11.7 Å². The van der Waals surface area contributed by atoms with E-state index in [9.17, 15) is 9.18 Å². The summed E-state index contributed by atoms with van der Waals surface area (Å²) in [4.78, 5) is 16.6. The first-order chi connectivity index (χ1) is 12.7. The Bertz CT molecular complexity index is 954. The van der Waals surface area contributed by atoms with Gasteiger partial charge in [-0.15, -0.1) is 0 Å². The SMILES string of the molecule is O=C(NCc1cccc(OCC2CC2)c1F)c1ccc2ncccc2c1. The first-order valence-electron chi connectivity index (χ1n) is 8.74. The zero-order chi connectivity index (χ0) is 17.9. The van der Waals surface area contributed by atoms with Gasteiger partial charge in [0.25, 0.3) is 5.91 Å². The van der Waals surface area contributed by atoms with Crippen molar-refractivity contribution in [2.45, 2.75) is 19.4 Å². The molecule has 1 aliphatic rings. The third kappa shape index (κ3) is 3.67. The summed E-state index contributed by atoms with van der Waals surface area (Å²) >= 11 is 0. The van der Waals surface area contributed by atoms with Crippen LogP contribution in [-0.2, 0) is 6.54 Å². The van der Waals surface area contributed by atoms with Crippen molar-refractivity contribution in [1.82, 2.24) is 10.3 Å². The largest absolute Gasteiger partial charge is 0.490 e. The molecule has 1 aliphatic carbocycles. The number of pyridine rings is 1. The number of aromatic nitrogens is 1. The summed E-state index contributed by atoms with van der Waals surface area (Å²) in [6.07, 6.45) is 4.01. The molecule has 1 heterocycles. The Labute approximate surface area is 151 Å². The van der Waals surface area contributed by atoms with Crippen LogP contribution in [0.15, 0.2) is 54.7 Å². The number of rotatable bonds is 6. The second kappa shape index (κ2) is 7.12. The van der Waals surface area contributed by atoms with Crippen LogP contribution < -0.4 is 10.1 Å². The van der Waals surface area contributed by atoms with E-state index >= 15 is 0 Å². The van der Waals surface area contributed by atoms with Gasteiger partial charge in [-0.3, -0.25) is 9.78 Å². The predicted octanol–water partition coefficient (Wildman–Crippen LogP) is 4.09. The van der Waals surface area contributed by atoms with E-state index in [4.69, 9.17) is 4.74 Å².